The topological polar surface area (TPSA) is 52.3 Å². The van der Waals surface area contributed by atoms with Crippen LogP contribution in [0.5, 0.6) is 0 Å². The first-order valence-electron chi connectivity index (χ1n) is 3.54. The minimum absolute atomic E-state index is 0.0514. The maximum absolute atomic E-state index is 13.2. The van der Waals surface area contributed by atoms with Crippen LogP contribution in [-0.2, 0) is 11.3 Å². The van der Waals surface area contributed by atoms with Crippen molar-refractivity contribution >= 4 is 27.6 Å². The SMILES string of the molecule is Nc1cc2c(c(Br)c1F)COC2=O. The molecule has 1 aromatic rings. The quantitative estimate of drug-likeness (QED) is 0.561. The van der Waals surface area contributed by atoms with Gasteiger partial charge in [-0.1, -0.05) is 0 Å². The molecule has 0 aliphatic carbocycles. The Morgan fingerprint density at radius 2 is 2.31 bits per heavy atom. The van der Waals surface area contributed by atoms with Gasteiger partial charge < -0.3 is 10.5 Å². The number of fused-ring (bicyclic) bond motifs is 1. The van der Waals surface area contributed by atoms with E-state index in [-0.39, 0.29) is 16.8 Å². The van der Waals surface area contributed by atoms with Gasteiger partial charge in [0.05, 0.1) is 15.7 Å². The van der Waals surface area contributed by atoms with Crippen LogP contribution in [0.4, 0.5) is 10.1 Å². The molecule has 1 aliphatic rings. The number of halogens is 2. The van der Waals surface area contributed by atoms with Crippen LogP contribution in [0.1, 0.15) is 15.9 Å². The summed E-state index contributed by atoms with van der Waals surface area (Å²) < 4.78 is 18.1. The third-order valence-corrected chi connectivity index (χ3v) is 2.73. The Hall–Kier alpha value is -1.10. The first-order chi connectivity index (χ1) is 6.11. The summed E-state index contributed by atoms with van der Waals surface area (Å²) in [6.45, 7) is 0.103. The van der Waals surface area contributed by atoms with Crippen LogP contribution < -0.4 is 5.73 Å². The fraction of sp³-hybridized carbons (Fsp3) is 0.125. The van der Waals surface area contributed by atoms with Crippen LogP contribution in [0.2, 0.25) is 0 Å². The Kier molecular flexibility index (Phi) is 1.76. The molecule has 0 atom stereocenters. The van der Waals surface area contributed by atoms with E-state index in [9.17, 15) is 9.18 Å². The van der Waals surface area contributed by atoms with Crippen LogP contribution in [0.15, 0.2) is 10.5 Å². The molecule has 0 aromatic heterocycles. The highest BCUT2D eigenvalue weighted by atomic mass is 79.9. The molecule has 2 rings (SSSR count). The Labute approximate surface area is 81.8 Å². The molecule has 68 valence electrons. The molecule has 0 fully saturated rings. The van der Waals surface area contributed by atoms with E-state index in [0.717, 1.165) is 0 Å². The van der Waals surface area contributed by atoms with E-state index in [1.807, 2.05) is 0 Å². The molecule has 0 saturated heterocycles. The van der Waals surface area contributed by atoms with Crippen molar-refractivity contribution in [1.82, 2.24) is 0 Å². The van der Waals surface area contributed by atoms with Crippen molar-refractivity contribution in [1.29, 1.82) is 0 Å². The van der Waals surface area contributed by atoms with Gasteiger partial charge in [0.15, 0.2) is 5.82 Å². The molecule has 0 unspecified atom stereocenters. The average Bonchev–Trinajstić information content (AvgIpc) is 2.45. The Balaban J connectivity index is 2.74. The van der Waals surface area contributed by atoms with Crippen LogP contribution >= 0.6 is 15.9 Å². The van der Waals surface area contributed by atoms with Crippen molar-refractivity contribution in [3.63, 3.8) is 0 Å². The van der Waals surface area contributed by atoms with E-state index in [0.29, 0.717) is 11.1 Å². The lowest BCUT2D eigenvalue weighted by Crippen LogP contribution is -1.99. The number of nitrogens with two attached hydrogens (primary N) is 1. The van der Waals surface area contributed by atoms with Gasteiger partial charge >= 0.3 is 5.97 Å². The van der Waals surface area contributed by atoms with Crippen molar-refractivity contribution in [2.24, 2.45) is 0 Å². The first kappa shape index (κ1) is 8.50. The molecule has 13 heavy (non-hydrogen) atoms. The molecule has 0 radical (unpaired) electrons. The minimum Gasteiger partial charge on any atom is -0.457 e. The number of carbonyl (C=O) groups excluding carboxylic acids is 1. The van der Waals surface area contributed by atoms with Gasteiger partial charge in [0.2, 0.25) is 0 Å². The van der Waals surface area contributed by atoms with Crippen molar-refractivity contribution < 1.29 is 13.9 Å². The van der Waals surface area contributed by atoms with Crippen molar-refractivity contribution in [2.45, 2.75) is 6.61 Å². The highest BCUT2D eigenvalue weighted by molar-refractivity contribution is 9.10. The highest BCUT2D eigenvalue weighted by Crippen LogP contribution is 2.33. The summed E-state index contributed by atoms with van der Waals surface area (Å²) in [5.74, 6) is -1.00. The lowest BCUT2D eigenvalue weighted by Gasteiger charge is -2.02. The fourth-order valence-electron chi connectivity index (χ4n) is 1.22. The third kappa shape index (κ3) is 1.11. The van der Waals surface area contributed by atoms with E-state index >= 15 is 0 Å². The molecule has 3 nitrogen and oxygen atoms in total. The number of hydrogen-bond acceptors (Lipinski definition) is 3. The monoisotopic (exact) mass is 245 g/mol. The number of cyclic esters (lactones) is 1. The summed E-state index contributed by atoms with van der Waals surface area (Å²) in [4.78, 5) is 11.1. The van der Waals surface area contributed by atoms with Crippen molar-refractivity contribution in [3.05, 3.63) is 27.5 Å². The number of benzene rings is 1. The second kappa shape index (κ2) is 2.70. The molecule has 0 spiro atoms. The third-order valence-electron chi connectivity index (χ3n) is 1.90. The van der Waals surface area contributed by atoms with Gasteiger partial charge in [0.25, 0.3) is 0 Å². The molecule has 0 bridgehead atoms. The second-order valence-corrected chi connectivity index (χ2v) is 3.49. The second-order valence-electron chi connectivity index (χ2n) is 2.70. The van der Waals surface area contributed by atoms with Crippen LogP contribution in [0, 0.1) is 5.82 Å². The molecule has 5 heteroatoms. The summed E-state index contributed by atoms with van der Waals surface area (Å²) in [7, 11) is 0. The molecular formula is C8H5BrFNO2. The van der Waals surface area contributed by atoms with Gasteiger partial charge in [-0.25, -0.2) is 9.18 Å². The molecule has 1 aliphatic heterocycles. The Bertz CT molecular complexity index is 406. The predicted molar refractivity (Wildman–Crippen MR) is 47.6 cm³/mol. The van der Waals surface area contributed by atoms with Gasteiger partial charge in [-0.2, -0.15) is 0 Å². The normalized spacial score (nSPS) is 14.2. The van der Waals surface area contributed by atoms with Gasteiger partial charge in [-0.05, 0) is 22.0 Å². The lowest BCUT2D eigenvalue weighted by atomic mass is 10.1. The van der Waals surface area contributed by atoms with E-state index in [2.05, 4.69) is 15.9 Å². The zero-order valence-corrected chi connectivity index (χ0v) is 8.02. The molecule has 1 heterocycles. The Morgan fingerprint density at radius 3 is 3.00 bits per heavy atom. The summed E-state index contributed by atoms with van der Waals surface area (Å²) in [6, 6.07) is 1.30. The van der Waals surface area contributed by atoms with Crippen LogP contribution in [0.3, 0.4) is 0 Å². The number of anilines is 1. The van der Waals surface area contributed by atoms with Crippen molar-refractivity contribution in [2.75, 3.05) is 5.73 Å². The fourth-order valence-corrected chi connectivity index (χ4v) is 1.78. The summed E-state index contributed by atoms with van der Waals surface area (Å²) in [6.07, 6.45) is 0. The van der Waals surface area contributed by atoms with Crippen molar-refractivity contribution in [3.8, 4) is 0 Å². The van der Waals surface area contributed by atoms with E-state index < -0.39 is 11.8 Å². The molecule has 2 N–H and O–H groups in total. The zero-order chi connectivity index (χ0) is 9.59. The lowest BCUT2D eigenvalue weighted by molar-refractivity contribution is 0.0534. The van der Waals surface area contributed by atoms with Crippen LogP contribution in [-0.4, -0.2) is 5.97 Å². The van der Waals surface area contributed by atoms with Crippen LogP contribution in [0.25, 0.3) is 0 Å². The summed E-state index contributed by atoms with van der Waals surface area (Å²) >= 11 is 3.02. The number of carbonyl (C=O) groups is 1. The number of hydrogen-bond donors (Lipinski definition) is 1. The van der Waals surface area contributed by atoms with E-state index in [4.69, 9.17) is 10.5 Å². The van der Waals surface area contributed by atoms with E-state index in [1.54, 1.807) is 0 Å². The molecular weight excluding hydrogens is 241 g/mol. The van der Waals surface area contributed by atoms with E-state index in [1.165, 1.54) is 6.07 Å². The zero-order valence-electron chi connectivity index (χ0n) is 6.43. The Morgan fingerprint density at radius 1 is 1.62 bits per heavy atom. The minimum atomic E-state index is -0.544. The van der Waals surface area contributed by atoms with Gasteiger partial charge in [-0.15, -0.1) is 0 Å². The summed E-state index contributed by atoms with van der Waals surface area (Å²) in [5.41, 5.74) is 6.16. The molecule has 0 amide bonds. The average molecular weight is 246 g/mol. The van der Waals surface area contributed by atoms with Gasteiger partial charge in [-0.3, -0.25) is 0 Å². The maximum atomic E-state index is 13.2. The number of rotatable bonds is 0. The smallest absolute Gasteiger partial charge is 0.338 e. The molecule has 1 aromatic carbocycles. The predicted octanol–water partition coefficient (Wildman–Crippen LogP) is 1.84. The van der Waals surface area contributed by atoms with Gasteiger partial charge in [0, 0.05) is 5.56 Å². The highest BCUT2D eigenvalue weighted by Gasteiger charge is 2.26. The number of nitrogen functional groups attached to an aromatic ring is 1. The largest absolute Gasteiger partial charge is 0.457 e. The summed E-state index contributed by atoms with van der Waals surface area (Å²) in [5, 5.41) is 0. The van der Waals surface area contributed by atoms with Gasteiger partial charge in [0.1, 0.15) is 6.61 Å². The maximum Gasteiger partial charge on any atom is 0.338 e. The standard InChI is InChI=1S/C8H5BrFNO2/c9-6-4-2-13-8(12)3(4)1-5(11)7(6)10/h1H,2,11H2. The molecule has 0 saturated carbocycles. The number of ether oxygens (including phenoxy) is 1. The first-order valence-corrected chi connectivity index (χ1v) is 4.34. The number of esters is 1.